The summed E-state index contributed by atoms with van der Waals surface area (Å²) in [4.78, 5) is 19.7. The lowest BCUT2D eigenvalue weighted by Crippen LogP contribution is -2.62. The second-order valence-electron chi connectivity index (χ2n) is 3.57. The van der Waals surface area contributed by atoms with E-state index in [-0.39, 0.29) is 0 Å². The van der Waals surface area contributed by atoms with Crippen molar-refractivity contribution >= 4 is 11.9 Å². The smallest absolute Gasteiger partial charge is 0.317 e. The zero-order chi connectivity index (χ0) is 15.0. The molecule has 0 atom stereocenters. The molecule has 7 N–H and O–H groups in total. The van der Waals surface area contributed by atoms with Gasteiger partial charge < -0.3 is 35.7 Å². The molecular weight excluding hydrogens is 252 g/mol. The first kappa shape index (κ1) is 19.1. The van der Waals surface area contributed by atoms with Crippen LogP contribution >= 0.6 is 0 Å². The van der Waals surface area contributed by atoms with Crippen LogP contribution in [0.5, 0.6) is 0 Å². The number of hydrogen-bond donors (Lipinski definition) is 7. The minimum atomic E-state index is -2.47. The van der Waals surface area contributed by atoms with Gasteiger partial charge in [0.1, 0.15) is 11.0 Å². The van der Waals surface area contributed by atoms with Gasteiger partial charge in [0.15, 0.2) is 0 Å². The van der Waals surface area contributed by atoms with Crippen LogP contribution in [-0.4, -0.2) is 79.7 Å². The topological polar surface area (TPSA) is 176 Å². The Morgan fingerprint density at radius 1 is 0.889 bits per heavy atom. The van der Waals surface area contributed by atoms with E-state index in [2.05, 4.69) is 0 Å². The molecule has 108 valence electrons. The van der Waals surface area contributed by atoms with Crippen LogP contribution in [0.25, 0.3) is 0 Å². The molecule has 0 aliphatic carbocycles. The Morgan fingerprint density at radius 2 is 1.17 bits per heavy atom. The Kier molecular flexibility index (Phi) is 8.43. The summed E-state index contributed by atoms with van der Waals surface area (Å²) in [6.07, 6.45) is 0. The first-order chi connectivity index (χ1) is 8.17. The van der Waals surface area contributed by atoms with Gasteiger partial charge in [-0.3, -0.25) is 9.59 Å². The lowest BCUT2D eigenvalue weighted by atomic mass is 9.73. The van der Waals surface area contributed by atoms with Crippen LogP contribution < -0.4 is 0 Å². The summed E-state index contributed by atoms with van der Waals surface area (Å²) >= 11 is 0. The highest BCUT2D eigenvalue weighted by Gasteiger charge is 2.55. The van der Waals surface area contributed by atoms with E-state index in [1.165, 1.54) is 0 Å². The summed E-state index contributed by atoms with van der Waals surface area (Å²) in [5.74, 6) is -2.53. The fourth-order valence-corrected chi connectivity index (χ4v) is 1.03. The second kappa shape index (κ2) is 7.95. The Morgan fingerprint density at radius 3 is 1.22 bits per heavy atom. The van der Waals surface area contributed by atoms with E-state index in [1.807, 2.05) is 0 Å². The molecule has 0 unspecified atom stereocenters. The highest BCUT2D eigenvalue weighted by atomic mass is 16.4. The third-order valence-corrected chi connectivity index (χ3v) is 2.36. The summed E-state index contributed by atoms with van der Waals surface area (Å²) in [7, 11) is 0. The molecule has 18 heavy (non-hydrogen) atoms. The standard InChI is InChI=1S/C7H14O7.C2H4O2/c8-1-6(2-9,5(12)13)7(14,3-10)4-11;1-2(3)4/h8-11,14H,1-4H2,(H,12,13);1H3,(H,3,4). The highest BCUT2D eigenvalue weighted by Crippen LogP contribution is 2.31. The molecular formula is C9H18O9. The van der Waals surface area contributed by atoms with Crippen molar-refractivity contribution in [2.75, 3.05) is 26.4 Å². The van der Waals surface area contributed by atoms with Crippen LogP contribution in [0.15, 0.2) is 0 Å². The molecule has 0 aromatic carbocycles. The summed E-state index contributed by atoms with van der Waals surface area (Å²) in [5.41, 5.74) is -4.85. The number of aliphatic hydroxyl groups excluding tert-OH is 4. The third-order valence-electron chi connectivity index (χ3n) is 2.36. The summed E-state index contributed by atoms with van der Waals surface area (Å²) in [6, 6.07) is 0. The molecule has 0 heterocycles. The quantitative estimate of drug-likeness (QED) is 0.262. The molecule has 0 aromatic rings. The van der Waals surface area contributed by atoms with E-state index in [9.17, 15) is 9.90 Å². The molecule has 0 saturated carbocycles. The summed E-state index contributed by atoms with van der Waals surface area (Å²) in [6.45, 7) is -3.29. The van der Waals surface area contributed by atoms with Gasteiger partial charge in [0.25, 0.3) is 5.97 Å². The molecule has 0 spiro atoms. The first-order valence-corrected chi connectivity index (χ1v) is 4.76. The number of carboxylic acid groups (broad SMARTS) is 2. The number of aliphatic hydroxyl groups is 5. The van der Waals surface area contributed by atoms with Gasteiger partial charge in [0.05, 0.1) is 26.4 Å². The van der Waals surface area contributed by atoms with Gasteiger partial charge in [-0.05, 0) is 0 Å². The Bertz CT molecular complexity index is 263. The summed E-state index contributed by atoms with van der Waals surface area (Å²) < 4.78 is 0. The number of aliphatic carboxylic acids is 2. The molecule has 0 rings (SSSR count). The van der Waals surface area contributed by atoms with Gasteiger partial charge >= 0.3 is 5.97 Å². The van der Waals surface area contributed by atoms with Crippen LogP contribution in [0.2, 0.25) is 0 Å². The van der Waals surface area contributed by atoms with Crippen molar-refractivity contribution in [3.63, 3.8) is 0 Å². The maximum Gasteiger partial charge on any atom is 0.317 e. The molecule has 0 aliphatic heterocycles. The zero-order valence-electron chi connectivity index (χ0n) is 9.78. The fourth-order valence-electron chi connectivity index (χ4n) is 1.03. The first-order valence-electron chi connectivity index (χ1n) is 4.76. The van der Waals surface area contributed by atoms with Crippen molar-refractivity contribution in [3.8, 4) is 0 Å². The molecule has 0 bridgehead atoms. The molecule has 0 aromatic heterocycles. The molecule has 0 aliphatic rings. The lowest BCUT2D eigenvalue weighted by molar-refractivity contribution is -0.200. The number of rotatable bonds is 6. The van der Waals surface area contributed by atoms with Gasteiger partial charge in [-0.2, -0.15) is 0 Å². The van der Waals surface area contributed by atoms with Crippen molar-refractivity contribution < 1.29 is 45.3 Å². The molecule has 0 saturated heterocycles. The maximum absolute atomic E-state index is 10.7. The SMILES string of the molecule is CC(=O)O.O=C(O)C(CO)(CO)C(O)(CO)CO. The minimum Gasteiger partial charge on any atom is -0.481 e. The number of carbonyl (C=O) groups is 2. The average molecular weight is 270 g/mol. The van der Waals surface area contributed by atoms with Crippen LogP contribution in [0, 0.1) is 5.41 Å². The Hall–Kier alpha value is -1.26. The number of carboxylic acids is 2. The largest absolute Gasteiger partial charge is 0.481 e. The van der Waals surface area contributed by atoms with Crippen LogP contribution in [0.1, 0.15) is 6.92 Å². The summed E-state index contributed by atoms with van der Waals surface area (Å²) in [5, 5.41) is 60.8. The molecule has 0 fully saturated rings. The van der Waals surface area contributed by atoms with E-state index in [0.29, 0.717) is 0 Å². The predicted molar refractivity (Wildman–Crippen MR) is 56.7 cm³/mol. The van der Waals surface area contributed by atoms with Gasteiger partial charge in [0, 0.05) is 6.92 Å². The van der Waals surface area contributed by atoms with Crippen molar-refractivity contribution in [2.45, 2.75) is 12.5 Å². The van der Waals surface area contributed by atoms with E-state index in [1.54, 1.807) is 0 Å². The predicted octanol–water partition coefficient (Wildman–Crippen LogP) is -3.15. The van der Waals surface area contributed by atoms with Crippen molar-refractivity contribution in [1.29, 1.82) is 0 Å². The van der Waals surface area contributed by atoms with Crippen molar-refractivity contribution in [2.24, 2.45) is 5.41 Å². The molecule has 0 radical (unpaired) electrons. The fraction of sp³-hybridized carbons (Fsp3) is 0.778. The minimum absolute atomic E-state index is 0.833. The van der Waals surface area contributed by atoms with E-state index >= 15 is 0 Å². The highest BCUT2D eigenvalue weighted by molar-refractivity contribution is 5.77. The van der Waals surface area contributed by atoms with E-state index < -0.39 is 49.4 Å². The van der Waals surface area contributed by atoms with Crippen molar-refractivity contribution in [3.05, 3.63) is 0 Å². The van der Waals surface area contributed by atoms with Gasteiger partial charge in [0.2, 0.25) is 0 Å². The monoisotopic (exact) mass is 270 g/mol. The zero-order valence-corrected chi connectivity index (χ0v) is 9.78. The Balaban J connectivity index is 0. The van der Waals surface area contributed by atoms with Gasteiger partial charge in [-0.1, -0.05) is 0 Å². The second-order valence-corrected chi connectivity index (χ2v) is 3.57. The molecule has 9 nitrogen and oxygen atoms in total. The third kappa shape index (κ3) is 4.20. The van der Waals surface area contributed by atoms with Crippen LogP contribution in [0.4, 0.5) is 0 Å². The van der Waals surface area contributed by atoms with Gasteiger partial charge in [-0.15, -0.1) is 0 Å². The number of hydrogen-bond acceptors (Lipinski definition) is 7. The van der Waals surface area contributed by atoms with Crippen molar-refractivity contribution in [1.82, 2.24) is 0 Å². The van der Waals surface area contributed by atoms with Crippen LogP contribution in [0.3, 0.4) is 0 Å². The van der Waals surface area contributed by atoms with Gasteiger partial charge in [-0.25, -0.2) is 0 Å². The molecule has 9 heteroatoms. The lowest BCUT2D eigenvalue weighted by Gasteiger charge is -2.39. The van der Waals surface area contributed by atoms with E-state index in [0.717, 1.165) is 6.92 Å². The normalized spacial score (nSPS) is 11.4. The van der Waals surface area contributed by atoms with E-state index in [4.69, 9.17) is 35.4 Å². The Labute approximate surface area is 103 Å². The molecule has 0 amide bonds. The maximum atomic E-state index is 10.7. The van der Waals surface area contributed by atoms with Crippen LogP contribution in [-0.2, 0) is 9.59 Å². The average Bonchev–Trinajstić information content (AvgIpc) is 2.29.